The van der Waals surface area contributed by atoms with E-state index in [1.807, 2.05) is 18.7 Å². The van der Waals surface area contributed by atoms with Gasteiger partial charge in [0.05, 0.1) is 5.69 Å². The molecule has 0 saturated heterocycles. The molecule has 1 aliphatic rings. The molecule has 114 valence electrons. The Morgan fingerprint density at radius 1 is 1.33 bits per heavy atom. The Bertz CT molecular complexity index is 695. The van der Waals surface area contributed by atoms with Crippen LogP contribution in [0.5, 0.6) is 0 Å². The first kappa shape index (κ1) is 15.5. The van der Waals surface area contributed by atoms with Gasteiger partial charge in [-0.1, -0.05) is 6.92 Å². The van der Waals surface area contributed by atoms with Crippen molar-refractivity contribution >= 4 is 27.5 Å². The van der Waals surface area contributed by atoms with Gasteiger partial charge in [-0.15, -0.1) is 4.40 Å². The van der Waals surface area contributed by atoms with Crippen molar-refractivity contribution in [3.05, 3.63) is 23.8 Å². The zero-order valence-corrected chi connectivity index (χ0v) is 13.2. The van der Waals surface area contributed by atoms with Gasteiger partial charge in [0.1, 0.15) is 10.7 Å². The van der Waals surface area contributed by atoms with E-state index >= 15 is 0 Å². The van der Waals surface area contributed by atoms with E-state index < -0.39 is 10.0 Å². The molecule has 0 atom stereocenters. The molecule has 1 heterocycles. The molecule has 0 fully saturated rings. The number of fused-ring (bicyclic) bond motifs is 1. The molecule has 0 aromatic heterocycles. The highest BCUT2D eigenvalue weighted by atomic mass is 32.2. The van der Waals surface area contributed by atoms with Crippen molar-refractivity contribution in [1.82, 2.24) is 5.32 Å². The van der Waals surface area contributed by atoms with Gasteiger partial charge in [0.2, 0.25) is 0 Å². The van der Waals surface area contributed by atoms with E-state index in [1.54, 1.807) is 19.1 Å². The van der Waals surface area contributed by atoms with Crippen LogP contribution in [0.4, 0.5) is 5.69 Å². The monoisotopic (exact) mass is 309 g/mol. The zero-order chi connectivity index (χ0) is 15.6. The second-order valence-electron chi connectivity index (χ2n) is 4.81. The first-order valence-electron chi connectivity index (χ1n) is 6.92. The number of amides is 1. The molecular formula is C14H19N3O3S. The fraction of sp³-hybridized carbons (Fsp3) is 0.429. The molecule has 2 rings (SSSR count). The molecule has 1 amide bonds. The quantitative estimate of drug-likeness (QED) is 0.919. The molecule has 1 aliphatic heterocycles. The third-order valence-electron chi connectivity index (χ3n) is 3.22. The second-order valence-corrected chi connectivity index (χ2v) is 6.38. The number of hydrogen-bond acceptors (Lipinski definition) is 4. The Kier molecular flexibility index (Phi) is 4.32. The first-order valence-corrected chi connectivity index (χ1v) is 8.36. The van der Waals surface area contributed by atoms with Gasteiger partial charge in [-0.3, -0.25) is 4.79 Å². The Hall–Kier alpha value is -1.89. The van der Waals surface area contributed by atoms with Crippen molar-refractivity contribution in [3.8, 4) is 0 Å². The average Bonchev–Trinajstić information content (AvgIpc) is 2.43. The molecule has 0 radical (unpaired) electrons. The minimum atomic E-state index is -3.75. The first-order chi connectivity index (χ1) is 9.90. The Morgan fingerprint density at radius 2 is 2.05 bits per heavy atom. The normalized spacial score (nSPS) is 16.1. The maximum Gasteiger partial charge on any atom is 0.286 e. The molecule has 1 N–H and O–H groups in total. The number of carbonyl (C=O) groups is 1. The highest BCUT2D eigenvalue weighted by molar-refractivity contribution is 7.90. The van der Waals surface area contributed by atoms with Crippen molar-refractivity contribution in [2.45, 2.75) is 32.1 Å². The van der Waals surface area contributed by atoms with Crippen LogP contribution < -0.4 is 10.2 Å². The van der Waals surface area contributed by atoms with E-state index in [4.69, 9.17) is 0 Å². The topological polar surface area (TPSA) is 78.8 Å². The number of rotatable bonds is 4. The lowest BCUT2D eigenvalue weighted by Crippen LogP contribution is -2.34. The van der Waals surface area contributed by atoms with Crippen LogP contribution >= 0.6 is 0 Å². The molecule has 0 unspecified atom stereocenters. The number of hydrogen-bond donors (Lipinski definition) is 1. The van der Waals surface area contributed by atoms with Crippen molar-refractivity contribution < 1.29 is 13.2 Å². The van der Waals surface area contributed by atoms with E-state index in [9.17, 15) is 13.2 Å². The van der Waals surface area contributed by atoms with Crippen molar-refractivity contribution in [2.75, 3.05) is 18.0 Å². The second kappa shape index (κ2) is 5.85. The lowest BCUT2D eigenvalue weighted by atomic mass is 10.1. The van der Waals surface area contributed by atoms with Crippen molar-refractivity contribution in [2.24, 2.45) is 4.40 Å². The Morgan fingerprint density at radius 3 is 2.67 bits per heavy atom. The lowest BCUT2D eigenvalue weighted by Gasteiger charge is -2.29. The largest absolute Gasteiger partial charge is 0.352 e. The number of anilines is 1. The summed E-state index contributed by atoms with van der Waals surface area (Å²) in [6.07, 6.45) is 0.865. The van der Waals surface area contributed by atoms with E-state index in [0.717, 1.165) is 6.42 Å². The molecule has 0 aliphatic carbocycles. The van der Waals surface area contributed by atoms with Gasteiger partial charge in [0.25, 0.3) is 15.9 Å². The molecular weight excluding hydrogens is 290 g/mol. The summed E-state index contributed by atoms with van der Waals surface area (Å²) in [6.45, 7) is 6.66. The van der Waals surface area contributed by atoms with Gasteiger partial charge in [0, 0.05) is 18.7 Å². The van der Waals surface area contributed by atoms with Crippen LogP contribution in [0.25, 0.3) is 0 Å². The maximum atomic E-state index is 12.2. The molecule has 1 aromatic rings. The van der Waals surface area contributed by atoms with Gasteiger partial charge in [-0.05, 0) is 38.5 Å². The van der Waals surface area contributed by atoms with Crippen LogP contribution in [0.1, 0.15) is 37.6 Å². The predicted molar refractivity (Wildman–Crippen MR) is 82.4 cm³/mol. The van der Waals surface area contributed by atoms with E-state index in [2.05, 4.69) is 9.71 Å². The summed E-state index contributed by atoms with van der Waals surface area (Å²) in [7, 11) is -3.75. The molecule has 21 heavy (non-hydrogen) atoms. The average molecular weight is 309 g/mol. The molecule has 0 bridgehead atoms. The summed E-state index contributed by atoms with van der Waals surface area (Å²) in [5.41, 5.74) is 0.905. The third-order valence-corrected chi connectivity index (χ3v) is 4.61. The molecule has 6 nitrogen and oxygen atoms in total. The summed E-state index contributed by atoms with van der Waals surface area (Å²) < 4.78 is 28.2. The SMILES string of the molecule is CCCN1C(C)=NS(=O)(=O)c2cc(C(=O)NCC)ccc21. The van der Waals surface area contributed by atoms with Gasteiger partial charge in [0.15, 0.2) is 0 Å². The number of sulfonamides is 1. The number of amidine groups is 1. The van der Waals surface area contributed by atoms with E-state index in [1.165, 1.54) is 6.07 Å². The van der Waals surface area contributed by atoms with E-state index in [-0.39, 0.29) is 10.8 Å². The summed E-state index contributed by atoms with van der Waals surface area (Å²) in [4.78, 5) is 13.8. The Balaban J connectivity index is 2.55. The number of benzene rings is 1. The van der Waals surface area contributed by atoms with Crippen molar-refractivity contribution in [1.29, 1.82) is 0 Å². The van der Waals surface area contributed by atoms with Gasteiger partial charge in [-0.25, -0.2) is 0 Å². The maximum absolute atomic E-state index is 12.2. The fourth-order valence-corrected chi connectivity index (χ4v) is 3.56. The Labute approximate surface area is 124 Å². The van der Waals surface area contributed by atoms with Crippen LogP contribution in [0.3, 0.4) is 0 Å². The summed E-state index contributed by atoms with van der Waals surface area (Å²) >= 11 is 0. The van der Waals surface area contributed by atoms with Crippen LogP contribution in [0, 0.1) is 0 Å². The zero-order valence-electron chi connectivity index (χ0n) is 12.4. The van der Waals surface area contributed by atoms with Crippen molar-refractivity contribution in [3.63, 3.8) is 0 Å². The predicted octanol–water partition coefficient (Wildman–Crippen LogP) is 1.77. The smallest absolute Gasteiger partial charge is 0.286 e. The number of carbonyl (C=O) groups excluding carboxylic acids is 1. The lowest BCUT2D eigenvalue weighted by molar-refractivity contribution is 0.0955. The highest BCUT2D eigenvalue weighted by Crippen LogP contribution is 2.32. The summed E-state index contributed by atoms with van der Waals surface area (Å²) in [5.74, 6) is 0.166. The summed E-state index contributed by atoms with van der Waals surface area (Å²) in [6, 6.07) is 4.71. The number of nitrogens with one attached hydrogen (secondary N) is 1. The summed E-state index contributed by atoms with van der Waals surface area (Å²) in [5, 5.41) is 2.66. The fourth-order valence-electron chi connectivity index (χ4n) is 2.30. The van der Waals surface area contributed by atoms with E-state index in [0.29, 0.717) is 30.2 Å². The molecule has 7 heteroatoms. The molecule has 1 aromatic carbocycles. The van der Waals surface area contributed by atoms with Crippen LogP contribution in [0.2, 0.25) is 0 Å². The minimum Gasteiger partial charge on any atom is -0.352 e. The minimum absolute atomic E-state index is 0.0882. The van der Waals surface area contributed by atoms with Crippen LogP contribution in [0.15, 0.2) is 27.5 Å². The molecule has 0 spiro atoms. The van der Waals surface area contributed by atoms with Crippen LogP contribution in [-0.2, 0) is 10.0 Å². The standard InChI is InChI=1S/C14H19N3O3S/c1-4-8-17-10(3)16-21(19,20)13-9-11(6-7-12(13)17)14(18)15-5-2/h6-7,9H,4-5,8H2,1-3H3,(H,15,18). The number of nitrogens with zero attached hydrogens (tertiary/aromatic N) is 2. The third kappa shape index (κ3) is 2.92. The molecule has 0 saturated carbocycles. The van der Waals surface area contributed by atoms with Gasteiger partial charge < -0.3 is 10.2 Å². The van der Waals surface area contributed by atoms with Gasteiger partial charge in [-0.2, -0.15) is 8.42 Å². The highest BCUT2D eigenvalue weighted by Gasteiger charge is 2.29. The van der Waals surface area contributed by atoms with Gasteiger partial charge >= 0.3 is 0 Å². The van der Waals surface area contributed by atoms with Crippen LogP contribution in [-0.4, -0.2) is 33.3 Å².